The van der Waals surface area contributed by atoms with Crippen LogP contribution in [0.15, 0.2) is 27.5 Å². The van der Waals surface area contributed by atoms with Gasteiger partial charge in [0.25, 0.3) is 5.91 Å². The number of carbonyl (C=O) groups is 1. The first kappa shape index (κ1) is 16.5. The quantitative estimate of drug-likeness (QED) is 0.801. The van der Waals surface area contributed by atoms with Gasteiger partial charge >= 0.3 is 6.36 Å². The van der Waals surface area contributed by atoms with Gasteiger partial charge in [0.15, 0.2) is 0 Å². The molecule has 1 N–H and O–H groups in total. The molecule has 1 aromatic carbocycles. The van der Waals surface area contributed by atoms with Crippen molar-refractivity contribution in [1.82, 2.24) is 5.32 Å². The molecule has 3 nitrogen and oxygen atoms in total. The second kappa shape index (κ2) is 5.34. The number of halogens is 4. The summed E-state index contributed by atoms with van der Waals surface area (Å²) in [6, 6.07) is 2.72. The summed E-state index contributed by atoms with van der Waals surface area (Å²) in [7, 11) is 0. The van der Waals surface area contributed by atoms with E-state index in [9.17, 15) is 18.0 Å². The van der Waals surface area contributed by atoms with E-state index in [4.69, 9.17) is 11.6 Å². The maximum Gasteiger partial charge on any atom is 0.573 e. The van der Waals surface area contributed by atoms with Crippen molar-refractivity contribution in [3.8, 4) is 5.75 Å². The van der Waals surface area contributed by atoms with E-state index in [1.807, 2.05) is 13.8 Å². The molecule has 0 spiro atoms. The van der Waals surface area contributed by atoms with Crippen molar-refractivity contribution < 1.29 is 22.7 Å². The zero-order valence-corrected chi connectivity index (χ0v) is 13.9. The van der Waals surface area contributed by atoms with Gasteiger partial charge in [0.1, 0.15) is 5.75 Å². The largest absolute Gasteiger partial charge is 0.573 e. The number of nitrogens with one attached hydrogen (secondary N) is 1. The molecule has 3 rings (SSSR count). The highest BCUT2D eigenvalue weighted by Crippen LogP contribution is 2.46. The van der Waals surface area contributed by atoms with Crippen LogP contribution in [0.2, 0.25) is 5.02 Å². The fraction of sp³-hybridized carbons (Fsp3) is 0.400. The minimum Gasteiger partial charge on any atom is -0.404 e. The van der Waals surface area contributed by atoms with Crippen LogP contribution in [-0.4, -0.2) is 17.8 Å². The Morgan fingerprint density at radius 3 is 2.70 bits per heavy atom. The molecule has 0 saturated heterocycles. The second-order valence-corrected chi connectivity index (χ2v) is 7.62. The number of thioether (sulfide) groups is 1. The topological polar surface area (TPSA) is 38.3 Å². The molecule has 0 fully saturated rings. The minimum atomic E-state index is -4.81. The molecule has 0 aliphatic carbocycles. The summed E-state index contributed by atoms with van der Waals surface area (Å²) in [5, 5.41) is 2.80. The number of benzene rings is 1. The Morgan fingerprint density at radius 1 is 1.35 bits per heavy atom. The van der Waals surface area contributed by atoms with Crippen LogP contribution in [0.3, 0.4) is 0 Å². The number of amides is 1. The first-order valence-corrected chi connectivity index (χ1v) is 8.04. The highest BCUT2D eigenvalue weighted by molar-refractivity contribution is 8.04. The van der Waals surface area contributed by atoms with Crippen LogP contribution in [0.5, 0.6) is 5.75 Å². The number of hydrogen-bond donors (Lipinski definition) is 1. The predicted molar refractivity (Wildman–Crippen MR) is 81.6 cm³/mol. The number of ether oxygens (including phenoxy) is 1. The van der Waals surface area contributed by atoms with E-state index in [1.165, 1.54) is 12.1 Å². The summed E-state index contributed by atoms with van der Waals surface area (Å²) < 4.78 is 41.2. The average molecular weight is 364 g/mol. The van der Waals surface area contributed by atoms with Crippen molar-refractivity contribution >= 4 is 29.3 Å². The molecule has 23 heavy (non-hydrogen) atoms. The summed E-state index contributed by atoms with van der Waals surface area (Å²) >= 11 is 7.06. The maximum atomic E-state index is 12.4. The van der Waals surface area contributed by atoms with Gasteiger partial charge in [-0.25, -0.2) is 0 Å². The first-order valence-electron chi connectivity index (χ1n) is 6.85. The molecule has 124 valence electrons. The lowest BCUT2D eigenvalue weighted by Gasteiger charge is -2.36. The van der Waals surface area contributed by atoms with E-state index in [-0.39, 0.29) is 16.5 Å². The number of alkyl halides is 3. The Morgan fingerprint density at radius 2 is 2.04 bits per heavy atom. The Balaban J connectivity index is 1.96. The summed E-state index contributed by atoms with van der Waals surface area (Å²) in [5.41, 5.74) is 1.45. The van der Waals surface area contributed by atoms with Crippen molar-refractivity contribution in [2.75, 3.05) is 0 Å². The Hall–Kier alpha value is -1.34. The molecule has 1 aromatic rings. The van der Waals surface area contributed by atoms with Gasteiger partial charge in [0, 0.05) is 10.4 Å². The fourth-order valence-corrected chi connectivity index (χ4v) is 4.10. The lowest BCUT2D eigenvalue weighted by molar-refractivity contribution is -0.274. The molecule has 0 radical (unpaired) electrons. The minimum absolute atomic E-state index is 0.0924. The van der Waals surface area contributed by atoms with Crippen LogP contribution >= 0.6 is 23.4 Å². The average Bonchev–Trinajstić information content (AvgIpc) is 2.35. The maximum absolute atomic E-state index is 12.4. The van der Waals surface area contributed by atoms with Gasteiger partial charge in [-0.3, -0.25) is 4.79 Å². The summed E-state index contributed by atoms with van der Waals surface area (Å²) in [6.45, 7) is 3.87. The molecule has 0 atom stereocenters. The Labute approximate surface area is 140 Å². The molecular weight excluding hydrogens is 351 g/mol. The van der Waals surface area contributed by atoms with Crippen molar-refractivity contribution in [3.63, 3.8) is 0 Å². The SMILES string of the molecule is CC1(C)CC2=C(Sc3cc(OC(F)(F)F)c(Cl)cc3C2)C(=O)N1. The lowest BCUT2D eigenvalue weighted by atomic mass is 9.87. The van der Waals surface area contributed by atoms with E-state index in [2.05, 4.69) is 10.1 Å². The van der Waals surface area contributed by atoms with E-state index in [0.29, 0.717) is 22.6 Å². The van der Waals surface area contributed by atoms with Crippen LogP contribution < -0.4 is 10.1 Å². The summed E-state index contributed by atoms with van der Waals surface area (Å²) in [5.74, 6) is -0.647. The van der Waals surface area contributed by atoms with Gasteiger partial charge in [-0.05, 0) is 50.0 Å². The monoisotopic (exact) mass is 363 g/mol. The second-order valence-electron chi connectivity index (χ2n) is 6.16. The van der Waals surface area contributed by atoms with Crippen LogP contribution in [0.1, 0.15) is 25.8 Å². The molecule has 8 heteroatoms. The number of hydrogen-bond acceptors (Lipinski definition) is 3. The third-order valence-electron chi connectivity index (χ3n) is 3.59. The number of rotatable bonds is 1. The van der Waals surface area contributed by atoms with Gasteiger partial charge < -0.3 is 10.1 Å². The van der Waals surface area contributed by atoms with E-state index in [0.717, 1.165) is 22.9 Å². The predicted octanol–water partition coefficient (Wildman–Crippen LogP) is 4.44. The van der Waals surface area contributed by atoms with Crippen LogP contribution in [0.4, 0.5) is 13.2 Å². The summed E-state index contributed by atoms with van der Waals surface area (Å²) in [6.07, 6.45) is -3.62. The number of carbonyl (C=O) groups excluding carboxylic acids is 1. The van der Waals surface area contributed by atoms with Crippen molar-refractivity contribution in [1.29, 1.82) is 0 Å². The molecule has 0 bridgehead atoms. The molecule has 2 aliphatic heterocycles. The van der Waals surface area contributed by atoms with E-state index in [1.54, 1.807) is 0 Å². The normalized spacial score (nSPS) is 19.8. The van der Waals surface area contributed by atoms with Crippen LogP contribution in [0, 0.1) is 0 Å². The Bertz CT molecular complexity index is 728. The van der Waals surface area contributed by atoms with Gasteiger partial charge in [0.2, 0.25) is 0 Å². The fourth-order valence-electron chi connectivity index (χ4n) is 2.80. The summed E-state index contributed by atoms with van der Waals surface area (Å²) in [4.78, 5) is 13.3. The molecule has 0 saturated carbocycles. The van der Waals surface area contributed by atoms with Crippen molar-refractivity contribution in [2.45, 2.75) is 43.5 Å². The van der Waals surface area contributed by atoms with Gasteiger partial charge in [0.05, 0.1) is 9.93 Å². The first-order chi connectivity index (χ1) is 10.5. The van der Waals surface area contributed by atoms with Crippen LogP contribution in [-0.2, 0) is 11.2 Å². The molecule has 2 heterocycles. The van der Waals surface area contributed by atoms with Gasteiger partial charge in [-0.1, -0.05) is 23.4 Å². The third kappa shape index (κ3) is 3.45. The third-order valence-corrected chi connectivity index (χ3v) is 5.16. The molecule has 1 amide bonds. The smallest absolute Gasteiger partial charge is 0.404 e. The Kier molecular flexibility index (Phi) is 3.84. The van der Waals surface area contributed by atoms with Gasteiger partial charge in [-0.2, -0.15) is 0 Å². The van der Waals surface area contributed by atoms with Crippen LogP contribution in [0.25, 0.3) is 0 Å². The van der Waals surface area contributed by atoms with Crippen molar-refractivity contribution in [2.24, 2.45) is 0 Å². The van der Waals surface area contributed by atoms with E-state index < -0.39 is 12.1 Å². The van der Waals surface area contributed by atoms with Gasteiger partial charge in [-0.15, -0.1) is 13.2 Å². The zero-order chi connectivity index (χ0) is 17.0. The molecule has 0 unspecified atom stereocenters. The standard InChI is InChI=1S/C15H13ClF3NO2S/c1-14(2)6-8-3-7-4-9(16)10(22-15(17,18)19)5-11(7)23-12(8)13(21)20-14/h4-5H,3,6H2,1-2H3,(H,20,21). The molecular formula is C15H13ClF3NO2S. The zero-order valence-electron chi connectivity index (χ0n) is 12.3. The number of fused-ring (bicyclic) bond motifs is 1. The molecule has 0 aromatic heterocycles. The highest BCUT2D eigenvalue weighted by Gasteiger charge is 2.36. The van der Waals surface area contributed by atoms with Crippen molar-refractivity contribution in [3.05, 3.63) is 33.2 Å². The lowest BCUT2D eigenvalue weighted by Crippen LogP contribution is -2.48. The molecule has 2 aliphatic rings. The highest BCUT2D eigenvalue weighted by atomic mass is 35.5. The van der Waals surface area contributed by atoms with E-state index >= 15 is 0 Å².